The molecule has 0 aliphatic heterocycles. The summed E-state index contributed by atoms with van der Waals surface area (Å²) in [7, 11) is -4.05. The molecule has 0 unspecified atom stereocenters. The Bertz CT molecular complexity index is 898. The number of alkyl halides is 3. The summed E-state index contributed by atoms with van der Waals surface area (Å²) in [6.07, 6.45) is -4.60. The molecule has 0 atom stereocenters. The maximum absolute atomic E-state index is 12.9. The Kier molecular flexibility index (Phi) is 5.22. The average molecular weight is 443 g/mol. The van der Waals surface area contributed by atoms with Gasteiger partial charge in [-0.05, 0) is 55.3 Å². The van der Waals surface area contributed by atoms with Gasteiger partial charge in [-0.3, -0.25) is 4.72 Å². The predicted molar refractivity (Wildman–Crippen MR) is 90.9 cm³/mol. The number of rotatable bonds is 3. The van der Waals surface area contributed by atoms with Crippen molar-refractivity contribution in [2.24, 2.45) is 0 Å². The van der Waals surface area contributed by atoms with Gasteiger partial charge in [0.05, 0.1) is 10.5 Å². The molecule has 0 aliphatic carbocycles. The van der Waals surface area contributed by atoms with E-state index in [0.717, 1.165) is 12.1 Å². The third-order valence-electron chi connectivity index (χ3n) is 3.27. The molecular formula is C15H12BrClF3NO2S. The third kappa shape index (κ3) is 4.04. The van der Waals surface area contributed by atoms with E-state index in [1.54, 1.807) is 13.8 Å². The molecule has 0 amide bonds. The van der Waals surface area contributed by atoms with Gasteiger partial charge in [-0.1, -0.05) is 27.5 Å². The molecule has 0 bridgehead atoms. The zero-order chi connectivity index (χ0) is 18.3. The minimum Gasteiger partial charge on any atom is -0.280 e. The van der Waals surface area contributed by atoms with Crippen LogP contribution < -0.4 is 4.72 Å². The fourth-order valence-electron chi connectivity index (χ4n) is 2.06. The van der Waals surface area contributed by atoms with Crippen molar-refractivity contribution in [3.63, 3.8) is 0 Å². The Morgan fingerprint density at radius 2 is 1.71 bits per heavy atom. The molecule has 130 valence electrons. The topological polar surface area (TPSA) is 46.2 Å². The Hall–Kier alpha value is -1.25. The van der Waals surface area contributed by atoms with Gasteiger partial charge in [0.1, 0.15) is 0 Å². The molecule has 2 aromatic rings. The van der Waals surface area contributed by atoms with E-state index in [4.69, 9.17) is 11.6 Å². The van der Waals surface area contributed by atoms with E-state index >= 15 is 0 Å². The number of halogens is 5. The van der Waals surface area contributed by atoms with Crippen LogP contribution in [0, 0.1) is 13.8 Å². The monoisotopic (exact) mass is 441 g/mol. The summed E-state index contributed by atoms with van der Waals surface area (Å²) < 4.78 is 65.7. The minimum atomic E-state index is -4.60. The van der Waals surface area contributed by atoms with Crippen molar-refractivity contribution in [3.8, 4) is 0 Å². The molecule has 0 aliphatic rings. The second kappa shape index (κ2) is 6.57. The smallest absolute Gasteiger partial charge is 0.280 e. The summed E-state index contributed by atoms with van der Waals surface area (Å²) in [5.41, 5.74) is -0.204. The van der Waals surface area contributed by atoms with Crippen LogP contribution in [0.5, 0.6) is 0 Å². The van der Waals surface area contributed by atoms with Crippen LogP contribution in [0.25, 0.3) is 0 Å². The SMILES string of the molecule is Cc1cc(S(=O)(=O)Nc2ccc(Br)c(C(F)(F)F)c2)c(C)cc1Cl. The van der Waals surface area contributed by atoms with Gasteiger partial charge in [-0.25, -0.2) is 8.42 Å². The molecule has 0 spiro atoms. The molecule has 2 rings (SSSR count). The molecule has 0 radical (unpaired) electrons. The highest BCUT2D eigenvalue weighted by Crippen LogP contribution is 2.37. The highest BCUT2D eigenvalue weighted by atomic mass is 79.9. The quantitative estimate of drug-likeness (QED) is 0.678. The molecule has 0 fully saturated rings. The molecule has 24 heavy (non-hydrogen) atoms. The highest BCUT2D eigenvalue weighted by molar-refractivity contribution is 9.10. The van der Waals surface area contributed by atoms with Gasteiger partial charge in [0.25, 0.3) is 10.0 Å². The van der Waals surface area contributed by atoms with Crippen molar-refractivity contribution < 1.29 is 21.6 Å². The maximum Gasteiger partial charge on any atom is 0.417 e. The van der Waals surface area contributed by atoms with Crippen LogP contribution in [0.1, 0.15) is 16.7 Å². The highest BCUT2D eigenvalue weighted by Gasteiger charge is 2.33. The third-order valence-corrected chi connectivity index (χ3v) is 5.89. The summed E-state index contributed by atoms with van der Waals surface area (Å²) in [4.78, 5) is -0.0409. The number of nitrogens with one attached hydrogen (secondary N) is 1. The summed E-state index contributed by atoms with van der Waals surface area (Å²) in [5, 5.41) is 0.412. The van der Waals surface area contributed by atoms with E-state index in [9.17, 15) is 21.6 Å². The Labute approximate surface area is 151 Å². The molecule has 3 nitrogen and oxygen atoms in total. The fraction of sp³-hybridized carbons (Fsp3) is 0.200. The summed E-state index contributed by atoms with van der Waals surface area (Å²) in [5.74, 6) is 0. The Morgan fingerprint density at radius 1 is 1.08 bits per heavy atom. The van der Waals surface area contributed by atoms with Crippen LogP contribution in [0.15, 0.2) is 39.7 Å². The van der Waals surface area contributed by atoms with Crippen molar-refractivity contribution in [3.05, 3.63) is 56.5 Å². The van der Waals surface area contributed by atoms with E-state index in [0.29, 0.717) is 16.1 Å². The van der Waals surface area contributed by atoms with Crippen LogP contribution in [0.3, 0.4) is 0 Å². The first-order chi connectivity index (χ1) is 10.9. The van der Waals surface area contributed by atoms with E-state index in [2.05, 4.69) is 20.7 Å². The molecular weight excluding hydrogens is 431 g/mol. The lowest BCUT2D eigenvalue weighted by atomic mass is 10.2. The zero-order valence-corrected chi connectivity index (χ0v) is 15.7. The van der Waals surface area contributed by atoms with Crippen molar-refractivity contribution in [1.82, 2.24) is 0 Å². The van der Waals surface area contributed by atoms with Gasteiger partial charge >= 0.3 is 6.18 Å². The first-order valence-corrected chi connectivity index (χ1v) is 9.23. The summed E-state index contributed by atoms with van der Waals surface area (Å²) >= 11 is 8.75. The van der Waals surface area contributed by atoms with Crippen molar-refractivity contribution >= 4 is 43.2 Å². The molecule has 2 aromatic carbocycles. The van der Waals surface area contributed by atoms with Gasteiger partial charge < -0.3 is 0 Å². The number of aryl methyl sites for hydroxylation is 2. The largest absolute Gasteiger partial charge is 0.417 e. The van der Waals surface area contributed by atoms with Gasteiger partial charge in [0, 0.05) is 15.2 Å². The lowest BCUT2D eigenvalue weighted by molar-refractivity contribution is -0.138. The summed E-state index contributed by atoms with van der Waals surface area (Å²) in [6.45, 7) is 3.20. The lowest BCUT2D eigenvalue weighted by Gasteiger charge is -2.14. The molecule has 1 N–H and O–H groups in total. The van der Waals surface area contributed by atoms with E-state index in [1.165, 1.54) is 18.2 Å². The van der Waals surface area contributed by atoms with Crippen LogP contribution in [-0.4, -0.2) is 8.42 Å². The molecule has 0 aromatic heterocycles. The molecule has 0 heterocycles. The van der Waals surface area contributed by atoms with Crippen molar-refractivity contribution in [2.75, 3.05) is 4.72 Å². The number of anilines is 1. The normalized spacial score (nSPS) is 12.3. The van der Waals surface area contributed by atoms with Gasteiger partial charge in [-0.15, -0.1) is 0 Å². The van der Waals surface area contributed by atoms with Crippen LogP contribution >= 0.6 is 27.5 Å². The fourth-order valence-corrected chi connectivity index (χ4v) is 4.11. The van der Waals surface area contributed by atoms with Gasteiger partial charge in [0.2, 0.25) is 0 Å². The second-order valence-corrected chi connectivity index (χ2v) is 8.08. The minimum absolute atomic E-state index is 0.0409. The van der Waals surface area contributed by atoms with E-state index in [-0.39, 0.29) is 15.1 Å². The second-order valence-electron chi connectivity index (χ2n) is 5.16. The standard InChI is InChI=1S/C15H12BrClF3NO2S/c1-8-6-14(9(2)5-13(8)17)24(22,23)21-10-3-4-12(16)11(7-10)15(18,19)20/h3-7,21H,1-2H3. The number of sulfonamides is 1. The lowest BCUT2D eigenvalue weighted by Crippen LogP contribution is -2.15. The predicted octanol–water partition coefficient (Wildman–Crippen LogP) is 5.54. The van der Waals surface area contributed by atoms with Crippen LogP contribution in [0.2, 0.25) is 5.02 Å². The molecule has 0 saturated carbocycles. The first kappa shape index (κ1) is 19.1. The maximum atomic E-state index is 12.9. The van der Waals surface area contributed by atoms with Gasteiger partial charge in [0.15, 0.2) is 0 Å². The number of benzene rings is 2. The van der Waals surface area contributed by atoms with Crippen LogP contribution in [-0.2, 0) is 16.2 Å². The number of hydrogen-bond donors (Lipinski definition) is 1. The average Bonchev–Trinajstić information content (AvgIpc) is 2.43. The molecule has 0 saturated heterocycles. The first-order valence-electron chi connectivity index (χ1n) is 6.58. The Balaban J connectivity index is 2.46. The van der Waals surface area contributed by atoms with E-state index < -0.39 is 21.8 Å². The van der Waals surface area contributed by atoms with Crippen molar-refractivity contribution in [1.29, 1.82) is 0 Å². The number of hydrogen-bond acceptors (Lipinski definition) is 2. The van der Waals surface area contributed by atoms with Crippen molar-refractivity contribution in [2.45, 2.75) is 24.9 Å². The summed E-state index contributed by atoms with van der Waals surface area (Å²) in [6, 6.07) is 5.99. The molecule has 9 heteroatoms. The van der Waals surface area contributed by atoms with Crippen LogP contribution in [0.4, 0.5) is 18.9 Å². The van der Waals surface area contributed by atoms with Gasteiger partial charge in [-0.2, -0.15) is 13.2 Å². The zero-order valence-electron chi connectivity index (χ0n) is 12.5. The Morgan fingerprint density at radius 3 is 2.29 bits per heavy atom. The van der Waals surface area contributed by atoms with E-state index in [1.807, 2.05) is 0 Å².